The summed E-state index contributed by atoms with van der Waals surface area (Å²) in [5, 5.41) is 10.00. The van der Waals surface area contributed by atoms with Crippen LogP contribution in [0.4, 0.5) is 0 Å². The molecule has 0 saturated heterocycles. The molecule has 2 amide bonds. The predicted molar refractivity (Wildman–Crippen MR) is 142 cm³/mol. The van der Waals surface area contributed by atoms with E-state index in [9.17, 15) is 14.4 Å². The van der Waals surface area contributed by atoms with Crippen LogP contribution < -0.4 is 16.4 Å². The van der Waals surface area contributed by atoms with Gasteiger partial charge < -0.3 is 25.9 Å². The van der Waals surface area contributed by atoms with Crippen LogP contribution in [0.15, 0.2) is 29.4 Å². The van der Waals surface area contributed by atoms with Crippen molar-refractivity contribution >= 4 is 23.3 Å². The van der Waals surface area contributed by atoms with Crippen molar-refractivity contribution in [2.45, 2.75) is 78.8 Å². The third-order valence-electron chi connectivity index (χ3n) is 5.53. The largest absolute Gasteiger partial charge is 0.396 e. The molecule has 1 atom stereocenters. The molecule has 0 bridgehead atoms. The summed E-state index contributed by atoms with van der Waals surface area (Å²) in [6.45, 7) is 11.2. The Bertz CT molecular complexity index is 837. The zero-order valence-corrected chi connectivity index (χ0v) is 22.5. The molecule has 0 aromatic heterocycles. The smallest absolute Gasteiger partial charge is 0.246 e. The van der Waals surface area contributed by atoms with Crippen LogP contribution in [0.5, 0.6) is 0 Å². The number of nitrogens with two attached hydrogens (primary N) is 1. The van der Waals surface area contributed by atoms with E-state index >= 15 is 0 Å². The molecule has 1 aromatic carbocycles. The monoisotopic (exact) mass is 504 g/mol. The third-order valence-corrected chi connectivity index (χ3v) is 5.53. The molecule has 9 heteroatoms. The number of nitrogens with one attached hydrogen (secondary N) is 2. The standard InChI is InChI=1S/C27H44N4O5/c1-19(2)25(32)9-7-6-8-15-36-31-21(5)23-12-10-22(11-13-23)17-24(27(28)34)30-26(33)18-35-16-14-29-20(3)4/h10-13,19-20,24,29H,6-9,14-18H2,1-5H3,(H2,28,34)(H,30,33)/b31-21+. The molecule has 1 aromatic rings. The molecule has 9 nitrogen and oxygen atoms in total. The highest BCUT2D eigenvalue weighted by Crippen LogP contribution is 2.10. The van der Waals surface area contributed by atoms with Crippen molar-refractivity contribution in [3.8, 4) is 0 Å². The topological polar surface area (TPSA) is 132 Å². The summed E-state index contributed by atoms with van der Waals surface area (Å²) in [5.41, 5.74) is 7.98. The van der Waals surface area contributed by atoms with Gasteiger partial charge >= 0.3 is 0 Å². The average Bonchev–Trinajstić information content (AvgIpc) is 2.82. The molecule has 4 N–H and O–H groups in total. The summed E-state index contributed by atoms with van der Waals surface area (Å²) >= 11 is 0. The highest BCUT2D eigenvalue weighted by Gasteiger charge is 2.19. The number of rotatable bonds is 19. The van der Waals surface area contributed by atoms with Crippen LogP contribution in [0.1, 0.15) is 71.4 Å². The Morgan fingerprint density at radius 3 is 2.31 bits per heavy atom. The first-order valence-corrected chi connectivity index (χ1v) is 12.8. The highest BCUT2D eigenvalue weighted by atomic mass is 16.6. The molecule has 0 aliphatic rings. The molecule has 0 aliphatic carbocycles. The molecular weight excluding hydrogens is 460 g/mol. The number of ether oxygens (including phenoxy) is 1. The first-order chi connectivity index (χ1) is 17.1. The minimum absolute atomic E-state index is 0.0992. The van der Waals surface area contributed by atoms with Gasteiger partial charge in [0.05, 0.1) is 12.3 Å². The van der Waals surface area contributed by atoms with E-state index in [4.69, 9.17) is 15.3 Å². The van der Waals surface area contributed by atoms with E-state index in [0.717, 1.165) is 36.1 Å². The first kappa shape index (κ1) is 31.3. The van der Waals surface area contributed by atoms with Crippen LogP contribution in [-0.4, -0.2) is 61.8 Å². The van der Waals surface area contributed by atoms with E-state index in [1.807, 2.05) is 58.9 Å². The van der Waals surface area contributed by atoms with Crippen molar-refractivity contribution in [3.63, 3.8) is 0 Å². The number of Topliss-reactive ketones (excluding diaryl/α,β-unsaturated/α-hetero) is 1. The van der Waals surface area contributed by atoms with E-state index in [1.54, 1.807) is 0 Å². The highest BCUT2D eigenvalue weighted by molar-refractivity contribution is 5.98. The van der Waals surface area contributed by atoms with Gasteiger partial charge in [0, 0.05) is 31.3 Å². The van der Waals surface area contributed by atoms with E-state index < -0.39 is 11.9 Å². The summed E-state index contributed by atoms with van der Waals surface area (Å²) in [5.74, 6) is -0.584. The number of ketones is 1. The summed E-state index contributed by atoms with van der Waals surface area (Å²) in [6, 6.07) is 7.04. The Morgan fingerprint density at radius 1 is 1.00 bits per heavy atom. The van der Waals surface area contributed by atoms with Gasteiger partial charge in [0.15, 0.2) is 0 Å². The number of hydrogen-bond acceptors (Lipinski definition) is 7. The number of benzene rings is 1. The van der Waals surface area contributed by atoms with Gasteiger partial charge in [0.1, 0.15) is 25.0 Å². The first-order valence-electron chi connectivity index (χ1n) is 12.8. The maximum atomic E-state index is 12.1. The lowest BCUT2D eigenvalue weighted by molar-refractivity contribution is -0.130. The van der Waals surface area contributed by atoms with Gasteiger partial charge in [-0.1, -0.05) is 57.1 Å². The van der Waals surface area contributed by atoms with Gasteiger partial charge in [-0.2, -0.15) is 0 Å². The zero-order valence-electron chi connectivity index (χ0n) is 22.5. The Balaban J connectivity index is 2.42. The van der Waals surface area contributed by atoms with Gasteiger partial charge in [0.2, 0.25) is 11.8 Å². The molecule has 1 rings (SSSR count). The molecule has 36 heavy (non-hydrogen) atoms. The second kappa shape index (κ2) is 17.6. The number of carbonyl (C=O) groups is 3. The van der Waals surface area contributed by atoms with Gasteiger partial charge in [0.25, 0.3) is 0 Å². The van der Waals surface area contributed by atoms with Crippen LogP contribution in [-0.2, 0) is 30.4 Å². The van der Waals surface area contributed by atoms with Gasteiger partial charge in [-0.05, 0) is 37.3 Å². The summed E-state index contributed by atoms with van der Waals surface area (Å²) < 4.78 is 5.33. The second-order valence-corrected chi connectivity index (χ2v) is 9.53. The van der Waals surface area contributed by atoms with E-state index in [1.165, 1.54) is 0 Å². The Labute approximate surface area is 215 Å². The quantitative estimate of drug-likeness (QED) is 0.151. The Morgan fingerprint density at radius 2 is 1.69 bits per heavy atom. The fourth-order valence-electron chi connectivity index (χ4n) is 3.29. The molecule has 0 fully saturated rings. The Kier molecular flexibility index (Phi) is 15.3. The summed E-state index contributed by atoms with van der Waals surface area (Å²) in [6.07, 6.45) is 3.56. The predicted octanol–water partition coefficient (Wildman–Crippen LogP) is 2.74. The number of unbranched alkanes of at least 4 members (excludes halogenated alkanes) is 2. The SMILES string of the molecule is C/C(=N\OCCCCCC(=O)C(C)C)c1ccc(CC(NC(=O)COCCNC(C)C)C(N)=O)cc1. The van der Waals surface area contributed by atoms with Crippen LogP contribution in [0.2, 0.25) is 0 Å². The molecule has 0 radical (unpaired) electrons. The number of oxime groups is 1. The van der Waals surface area contributed by atoms with Crippen molar-refractivity contribution in [1.29, 1.82) is 0 Å². The average molecular weight is 505 g/mol. The van der Waals surface area contributed by atoms with Gasteiger partial charge in [-0.15, -0.1) is 0 Å². The van der Waals surface area contributed by atoms with Crippen molar-refractivity contribution in [1.82, 2.24) is 10.6 Å². The number of amides is 2. The molecule has 0 aliphatic heterocycles. The van der Waals surface area contributed by atoms with E-state index in [2.05, 4.69) is 15.8 Å². The second-order valence-electron chi connectivity index (χ2n) is 9.53. The zero-order chi connectivity index (χ0) is 26.9. The van der Waals surface area contributed by atoms with Gasteiger partial charge in [-0.25, -0.2) is 0 Å². The third kappa shape index (κ3) is 13.9. The summed E-state index contributed by atoms with van der Waals surface area (Å²) in [4.78, 5) is 41.0. The lowest BCUT2D eigenvalue weighted by Crippen LogP contribution is -2.47. The van der Waals surface area contributed by atoms with Crippen molar-refractivity contribution in [2.75, 3.05) is 26.4 Å². The lowest BCUT2D eigenvalue weighted by Gasteiger charge is -2.16. The van der Waals surface area contributed by atoms with Gasteiger partial charge in [-0.3, -0.25) is 14.4 Å². The van der Waals surface area contributed by atoms with Crippen LogP contribution in [0, 0.1) is 5.92 Å². The van der Waals surface area contributed by atoms with Crippen LogP contribution >= 0.6 is 0 Å². The fourth-order valence-corrected chi connectivity index (χ4v) is 3.29. The summed E-state index contributed by atoms with van der Waals surface area (Å²) in [7, 11) is 0. The maximum absolute atomic E-state index is 12.1. The van der Waals surface area contributed by atoms with Crippen LogP contribution in [0.3, 0.4) is 0 Å². The van der Waals surface area contributed by atoms with E-state index in [0.29, 0.717) is 38.0 Å². The van der Waals surface area contributed by atoms with E-state index in [-0.39, 0.29) is 24.9 Å². The molecule has 0 heterocycles. The van der Waals surface area contributed by atoms with Crippen molar-refractivity contribution < 1.29 is 24.0 Å². The number of primary amides is 1. The number of hydrogen-bond donors (Lipinski definition) is 3. The fraction of sp³-hybridized carbons (Fsp3) is 0.630. The minimum Gasteiger partial charge on any atom is -0.396 e. The van der Waals surface area contributed by atoms with Crippen molar-refractivity contribution in [2.24, 2.45) is 16.8 Å². The lowest BCUT2D eigenvalue weighted by atomic mass is 10.0. The molecular formula is C27H44N4O5. The minimum atomic E-state index is -0.824. The molecule has 0 saturated carbocycles. The number of carbonyl (C=O) groups excluding carboxylic acids is 3. The number of nitrogens with zero attached hydrogens (tertiary/aromatic N) is 1. The molecule has 0 spiro atoms. The van der Waals surface area contributed by atoms with Crippen molar-refractivity contribution in [3.05, 3.63) is 35.4 Å². The van der Waals surface area contributed by atoms with Crippen LogP contribution in [0.25, 0.3) is 0 Å². The normalized spacial score (nSPS) is 12.6. The molecule has 202 valence electrons. The Hall–Kier alpha value is -2.78. The molecule has 1 unspecified atom stereocenters. The maximum Gasteiger partial charge on any atom is 0.246 e.